The Hall–Kier alpha value is -0.430. The van der Waals surface area contributed by atoms with Crippen LogP contribution in [0.5, 0.6) is 0 Å². The van der Waals surface area contributed by atoms with Crippen molar-refractivity contribution < 1.29 is 4.79 Å². The van der Waals surface area contributed by atoms with Crippen molar-refractivity contribution >= 4 is 40.1 Å². The Balaban J connectivity index is 2.01. The van der Waals surface area contributed by atoms with Gasteiger partial charge in [-0.2, -0.15) is 0 Å². The molecule has 0 spiro atoms. The molecule has 1 aliphatic heterocycles. The van der Waals surface area contributed by atoms with Gasteiger partial charge in [-0.25, -0.2) is 9.29 Å². The molecule has 1 aromatic rings. The second-order valence-electron chi connectivity index (χ2n) is 4.86. The van der Waals surface area contributed by atoms with Crippen LogP contribution >= 0.6 is 34.2 Å². The molecule has 0 atom stereocenters. The highest BCUT2D eigenvalue weighted by molar-refractivity contribution is 8.67. The molecular weight excluding hydrogens is 302 g/mol. The predicted molar refractivity (Wildman–Crippen MR) is 82.5 cm³/mol. The van der Waals surface area contributed by atoms with Gasteiger partial charge in [0.25, 0.3) is 5.91 Å². The van der Waals surface area contributed by atoms with Crippen LogP contribution in [0.3, 0.4) is 0 Å². The number of hydrogen-bond donors (Lipinski definition) is 2. The second-order valence-corrected chi connectivity index (χ2v) is 6.44. The predicted octanol–water partition coefficient (Wildman–Crippen LogP) is 2.81. The molecule has 104 valence electrons. The van der Waals surface area contributed by atoms with E-state index in [4.69, 9.17) is 11.6 Å². The molecule has 1 saturated heterocycles. The maximum absolute atomic E-state index is 12.2. The lowest BCUT2D eigenvalue weighted by Gasteiger charge is -2.38. The molecule has 1 fully saturated rings. The molecule has 1 aromatic heterocycles. The van der Waals surface area contributed by atoms with Gasteiger partial charge in [-0.05, 0) is 42.9 Å². The first-order valence-corrected chi connectivity index (χ1v) is 8.24. The van der Waals surface area contributed by atoms with Crippen LogP contribution in [0.15, 0.2) is 18.3 Å². The van der Waals surface area contributed by atoms with E-state index in [1.54, 1.807) is 18.3 Å². The van der Waals surface area contributed by atoms with Crippen LogP contribution in [0.1, 0.15) is 30.3 Å². The highest BCUT2D eigenvalue weighted by Crippen LogP contribution is 2.27. The molecule has 7 heteroatoms. The van der Waals surface area contributed by atoms with Gasteiger partial charge < -0.3 is 5.32 Å². The third-order valence-electron chi connectivity index (χ3n) is 3.33. The average molecular weight is 318 g/mol. The van der Waals surface area contributed by atoms with Crippen LogP contribution in [0, 0.1) is 0 Å². The van der Waals surface area contributed by atoms with E-state index < -0.39 is 0 Å². The highest BCUT2D eigenvalue weighted by Gasteiger charge is 2.32. The van der Waals surface area contributed by atoms with Crippen molar-refractivity contribution in [3.05, 3.63) is 29.0 Å². The quantitative estimate of drug-likeness (QED) is 0.511. The maximum Gasteiger partial charge on any atom is 0.271 e. The molecule has 0 unspecified atom stereocenters. The van der Waals surface area contributed by atoms with Gasteiger partial charge in [-0.15, -0.1) is 0 Å². The summed E-state index contributed by atoms with van der Waals surface area (Å²) in [4.78, 5) is 16.2. The molecule has 0 aromatic carbocycles. The fourth-order valence-corrected chi connectivity index (χ4v) is 3.12. The smallest absolute Gasteiger partial charge is 0.271 e. The lowest BCUT2D eigenvalue weighted by atomic mass is 9.90. The summed E-state index contributed by atoms with van der Waals surface area (Å²) in [5.74, 6) is -0.208. The van der Waals surface area contributed by atoms with Crippen LogP contribution < -0.4 is 5.32 Å². The number of hydrogen-bond acceptors (Lipinski definition) is 5. The van der Waals surface area contributed by atoms with Crippen molar-refractivity contribution in [3.8, 4) is 0 Å². The molecule has 2 rings (SSSR count). The topological polar surface area (TPSA) is 45.2 Å². The van der Waals surface area contributed by atoms with E-state index in [1.807, 2.05) is 0 Å². The van der Waals surface area contributed by atoms with Crippen molar-refractivity contribution in [2.75, 3.05) is 13.1 Å². The number of halogens is 1. The van der Waals surface area contributed by atoms with Crippen LogP contribution in [0.2, 0.25) is 5.02 Å². The number of nitrogens with one attached hydrogen (secondary N) is 1. The highest BCUT2D eigenvalue weighted by atomic mass is 35.5. The van der Waals surface area contributed by atoms with Gasteiger partial charge in [0.1, 0.15) is 5.69 Å². The van der Waals surface area contributed by atoms with Crippen molar-refractivity contribution in [2.45, 2.75) is 25.3 Å². The summed E-state index contributed by atoms with van der Waals surface area (Å²) in [5, 5.41) is 3.43. The van der Waals surface area contributed by atoms with E-state index in [9.17, 15) is 4.79 Å². The number of amides is 1. The summed E-state index contributed by atoms with van der Waals surface area (Å²) in [6.07, 6.45) is 3.34. The van der Waals surface area contributed by atoms with E-state index in [1.165, 1.54) is 11.0 Å². The number of piperidine rings is 1. The Morgan fingerprint density at radius 1 is 1.58 bits per heavy atom. The maximum atomic E-state index is 12.2. The average Bonchev–Trinajstić information content (AvgIpc) is 2.39. The third-order valence-corrected chi connectivity index (χ3v) is 4.92. The Bertz CT molecular complexity index is 464. The standard InChI is InChI=1S/C12H16ClN3OS2/c1-12(4-7-16(19-18)8-5-12)15-11(17)10-9(13)3-2-6-14-10/h2-3,6,18H,4-5,7-8H2,1H3,(H,15,17). The van der Waals surface area contributed by atoms with Gasteiger partial charge >= 0.3 is 0 Å². The van der Waals surface area contributed by atoms with Crippen LogP contribution in [0.4, 0.5) is 0 Å². The molecule has 1 aliphatic rings. The van der Waals surface area contributed by atoms with Crippen LogP contribution in [-0.2, 0) is 0 Å². The number of aromatic nitrogens is 1. The first kappa shape index (κ1) is 15.0. The van der Waals surface area contributed by atoms with Gasteiger partial charge in [0.2, 0.25) is 0 Å². The van der Waals surface area contributed by atoms with Gasteiger partial charge in [0.05, 0.1) is 5.02 Å². The van der Waals surface area contributed by atoms with E-state index in [2.05, 4.69) is 33.2 Å². The van der Waals surface area contributed by atoms with Crippen LogP contribution in [-0.4, -0.2) is 33.8 Å². The Kier molecular flexibility index (Phi) is 5.00. The number of pyridine rings is 1. The molecule has 1 N–H and O–H groups in total. The molecule has 0 aliphatic carbocycles. The summed E-state index contributed by atoms with van der Waals surface area (Å²) in [6, 6.07) is 3.38. The van der Waals surface area contributed by atoms with Crippen LogP contribution in [0.25, 0.3) is 0 Å². The zero-order valence-electron chi connectivity index (χ0n) is 10.6. The number of carbonyl (C=O) groups excluding carboxylic acids is 1. The minimum absolute atomic E-state index is 0.208. The summed E-state index contributed by atoms with van der Waals surface area (Å²) in [7, 11) is 1.45. The summed E-state index contributed by atoms with van der Waals surface area (Å²) in [5.41, 5.74) is 0.0779. The summed E-state index contributed by atoms with van der Waals surface area (Å²) < 4.78 is 2.17. The van der Waals surface area contributed by atoms with E-state index in [0.717, 1.165) is 25.9 Å². The number of rotatable bonds is 3. The first-order chi connectivity index (χ1) is 9.04. The molecule has 0 saturated carbocycles. The van der Waals surface area contributed by atoms with Gasteiger partial charge in [0, 0.05) is 24.8 Å². The normalized spacial score (nSPS) is 19.1. The molecular formula is C12H16ClN3OS2. The number of carbonyl (C=O) groups is 1. The first-order valence-electron chi connectivity index (χ1n) is 6.03. The lowest BCUT2D eigenvalue weighted by molar-refractivity contribution is 0.0869. The van der Waals surface area contributed by atoms with Gasteiger partial charge in [-0.1, -0.05) is 23.3 Å². The summed E-state index contributed by atoms with van der Waals surface area (Å²) in [6.45, 7) is 3.87. The number of thiol groups is 1. The second kappa shape index (κ2) is 6.35. The number of nitrogens with zero attached hydrogens (tertiary/aromatic N) is 2. The molecule has 19 heavy (non-hydrogen) atoms. The van der Waals surface area contributed by atoms with Gasteiger partial charge in [-0.3, -0.25) is 4.79 Å². The van der Waals surface area contributed by atoms with E-state index in [0.29, 0.717) is 5.02 Å². The Labute approximate surface area is 127 Å². The van der Waals surface area contributed by atoms with Crippen molar-refractivity contribution in [3.63, 3.8) is 0 Å². The lowest BCUT2D eigenvalue weighted by Crippen LogP contribution is -2.52. The largest absolute Gasteiger partial charge is 0.345 e. The third kappa shape index (κ3) is 3.78. The summed E-state index contributed by atoms with van der Waals surface area (Å²) >= 11 is 10.2. The Morgan fingerprint density at radius 2 is 2.26 bits per heavy atom. The minimum atomic E-state index is -0.210. The molecule has 4 nitrogen and oxygen atoms in total. The van der Waals surface area contributed by atoms with Crippen molar-refractivity contribution in [2.24, 2.45) is 0 Å². The zero-order valence-corrected chi connectivity index (χ0v) is 13.1. The van der Waals surface area contributed by atoms with E-state index in [-0.39, 0.29) is 17.1 Å². The molecule has 0 bridgehead atoms. The van der Waals surface area contributed by atoms with Gasteiger partial charge in [0.15, 0.2) is 0 Å². The van der Waals surface area contributed by atoms with Crippen molar-refractivity contribution in [1.82, 2.24) is 14.6 Å². The fraction of sp³-hybridized carbons (Fsp3) is 0.500. The Morgan fingerprint density at radius 3 is 2.84 bits per heavy atom. The molecule has 2 heterocycles. The molecule has 0 radical (unpaired) electrons. The SMILES string of the molecule is CC1(NC(=O)c2ncccc2Cl)CCN(SS)CC1. The minimum Gasteiger partial charge on any atom is -0.345 e. The monoisotopic (exact) mass is 317 g/mol. The van der Waals surface area contributed by atoms with E-state index >= 15 is 0 Å². The molecule has 1 amide bonds. The fourth-order valence-electron chi connectivity index (χ4n) is 2.07. The zero-order chi connectivity index (χ0) is 13.9. The van der Waals surface area contributed by atoms with Crippen molar-refractivity contribution in [1.29, 1.82) is 0 Å².